The van der Waals surface area contributed by atoms with Gasteiger partial charge in [-0.2, -0.15) is 0 Å². The molecule has 0 radical (unpaired) electrons. The lowest BCUT2D eigenvalue weighted by Crippen LogP contribution is -2.03. The molecule has 39 heavy (non-hydrogen) atoms. The fraction of sp³-hybridized carbons (Fsp3) is 0.622. The van der Waals surface area contributed by atoms with Gasteiger partial charge in [-0.1, -0.05) is 147 Å². The first kappa shape index (κ1) is 31.3. The van der Waals surface area contributed by atoms with Crippen LogP contribution in [0.2, 0.25) is 0 Å². The van der Waals surface area contributed by atoms with Gasteiger partial charge in [0.2, 0.25) is 0 Å². The van der Waals surface area contributed by atoms with Crippen LogP contribution in [0.5, 0.6) is 11.5 Å². The van der Waals surface area contributed by atoms with Crippen LogP contribution in [0.1, 0.15) is 135 Å². The normalized spacial score (nSPS) is 11.5. The lowest BCUT2D eigenvalue weighted by Gasteiger charge is -2.19. The Morgan fingerprint density at radius 2 is 0.872 bits per heavy atom. The number of unbranched alkanes of at least 4 members (excludes halogenated alkanes) is 14. The van der Waals surface area contributed by atoms with Crippen molar-refractivity contribution in [2.45, 2.75) is 136 Å². The number of ether oxygens (including phenoxy) is 2. The maximum absolute atomic E-state index is 6.63. The molecule has 0 saturated heterocycles. The molecule has 0 amide bonds. The van der Waals surface area contributed by atoms with Crippen LogP contribution in [0.15, 0.2) is 42.5 Å². The molecule has 0 N–H and O–H groups in total. The largest absolute Gasteiger partial charge is 0.492 e. The Morgan fingerprint density at radius 1 is 0.436 bits per heavy atom. The molecule has 0 unspecified atom stereocenters. The predicted octanol–water partition coefficient (Wildman–Crippen LogP) is 12.0. The van der Waals surface area contributed by atoms with Gasteiger partial charge < -0.3 is 9.47 Å². The van der Waals surface area contributed by atoms with E-state index in [1.165, 1.54) is 123 Å². The van der Waals surface area contributed by atoms with E-state index in [9.17, 15) is 0 Å². The van der Waals surface area contributed by atoms with Crippen molar-refractivity contribution in [3.05, 3.63) is 48.0 Å². The fourth-order valence-corrected chi connectivity index (χ4v) is 5.66. The van der Waals surface area contributed by atoms with Crippen molar-refractivity contribution in [1.82, 2.24) is 0 Å². The molecule has 0 heterocycles. The van der Waals surface area contributed by atoms with Crippen LogP contribution in [0, 0.1) is 0 Å². The van der Waals surface area contributed by atoms with E-state index >= 15 is 0 Å². The summed E-state index contributed by atoms with van der Waals surface area (Å²) in [5.41, 5.74) is 1.41. The van der Waals surface area contributed by atoms with Gasteiger partial charge in [0.25, 0.3) is 0 Å². The highest BCUT2D eigenvalue weighted by Crippen LogP contribution is 2.43. The zero-order chi connectivity index (χ0) is 27.5. The summed E-state index contributed by atoms with van der Waals surface area (Å²) < 4.78 is 13.2. The molecule has 0 aromatic heterocycles. The highest BCUT2D eigenvalue weighted by molar-refractivity contribution is 6.11. The standard InChI is InChI=1S/C37H56O2/c1-4-7-10-12-14-16-21-28-38-36-32-24-19-20-25-33(32)37(39-29-22-17-15-13-11-8-5-2)35-30-31(23-18-9-6-3)26-27-34(35)36/h19-20,24-27,30H,4-18,21-23,28-29H2,1-3H3. The molecule has 0 aliphatic heterocycles. The molecule has 0 bridgehead atoms. The summed E-state index contributed by atoms with van der Waals surface area (Å²) in [6, 6.07) is 15.7. The van der Waals surface area contributed by atoms with Gasteiger partial charge in [-0.15, -0.1) is 0 Å². The minimum Gasteiger partial charge on any atom is -0.492 e. The molecule has 0 fully saturated rings. The quantitative estimate of drug-likeness (QED) is 0.0946. The van der Waals surface area contributed by atoms with Gasteiger partial charge in [0.05, 0.1) is 13.2 Å². The Hall–Kier alpha value is -2.22. The van der Waals surface area contributed by atoms with E-state index in [0.717, 1.165) is 44.0 Å². The summed E-state index contributed by atoms with van der Waals surface area (Å²) in [5, 5.41) is 4.79. The Bertz CT molecular complexity index is 1070. The van der Waals surface area contributed by atoms with E-state index in [0.29, 0.717) is 0 Å². The molecule has 0 aliphatic carbocycles. The summed E-state index contributed by atoms with van der Waals surface area (Å²) in [6.45, 7) is 8.40. The van der Waals surface area contributed by atoms with E-state index in [2.05, 4.69) is 63.2 Å². The van der Waals surface area contributed by atoms with Crippen LogP contribution in [-0.2, 0) is 6.42 Å². The lowest BCUT2D eigenvalue weighted by molar-refractivity contribution is 0.306. The van der Waals surface area contributed by atoms with Gasteiger partial charge in [0.1, 0.15) is 11.5 Å². The summed E-state index contributed by atoms with van der Waals surface area (Å²) >= 11 is 0. The maximum Gasteiger partial charge on any atom is 0.135 e. The first-order valence-corrected chi connectivity index (χ1v) is 16.5. The number of benzene rings is 3. The average molecular weight is 533 g/mol. The summed E-state index contributed by atoms with van der Waals surface area (Å²) in [5.74, 6) is 2.09. The lowest BCUT2D eigenvalue weighted by atomic mass is 9.97. The van der Waals surface area contributed by atoms with Crippen LogP contribution >= 0.6 is 0 Å². The van der Waals surface area contributed by atoms with Gasteiger partial charge in [0, 0.05) is 21.5 Å². The zero-order valence-electron chi connectivity index (χ0n) is 25.5. The Morgan fingerprint density at radius 3 is 1.41 bits per heavy atom. The highest BCUT2D eigenvalue weighted by atomic mass is 16.5. The number of fused-ring (bicyclic) bond motifs is 2. The third kappa shape index (κ3) is 10.4. The van der Waals surface area contributed by atoms with E-state index in [-0.39, 0.29) is 0 Å². The molecule has 0 saturated carbocycles. The van der Waals surface area contributed by atoms with E-state index in [4.69, 9.17) is 9.47 Å². The van der Waals surface area contributed by atoms with Gasteiger partial charge in [0.15, 0.2) is 0 Å². The molecular weight excluding hydrogens is 476 g/mol. The monoisotopic (exact) mass is 532 g/mol. The second kappa shape index (κ2) is 19.0. The summed E-state index contributed by atoms with van der Waals surface area (Å²) in [6.07, 6.45) is 23.1. The summed E-state index contributed by atoms with van der Waals surface area (Å²) in [4.78, 5) is 0. The van der Waals surface area contributed by atoms with Gasteiger partial charge >= 0.3 is 0 Å². The molecule has 2 nitrogen and oxygen atoms in total. The SMILES string of the molecule is CCCCCCCCCOc1c2ccccc2c(OCCCCCCCCC)c2cc(CCCCC)ccc12. The molecule has 216 valence electrons. The van der Waals surface area contributed by atoms with Crippen LogP contribution in [0.3, 0.4) is 0 Å². The molecule has 3 aromatic rings. The van der Waals surface area contributed by atoms with Crippen LogP contribution < -0.4 is 9.47 Å². The molecule has 2 heteroatoms. The maximum atomic E-state index is 6.63. The molecule has 3 rings (SSSR count). The Kier molecular flexibility index (Phi) is 15.2. The highest BCUT2D eigenvalue weighted by Gasteiger charge is 2.17. The first-order valence-electron chi connectivity index (χ1n) is 16.5. The van der Waals surface area contributed by atoms with Gasteiger partial charge in [-0.05, 0) is 37.3 Å². The number of hydrogen-bond donors (Lipinski definition) is 0. The van der Waals surface area contributed by atoms with Crippen molar-refractivity contribution in [2.75, 3.05) is 13.2 Å². The van der Waals surface area contributed by atoms with E-state index in [1.54, 1.807) is 0 Å². The molecule has 3 aromatic carbocycles. The van der Waals surface area contributed by atoms with Crippen LogP contribution in [0.25, 0.3) is 21.5 Å². The minimum absolute atomic E-state index is 0.781. The van der Waals surface area contributed by atoms with Crippen molar-refractivity contribution in [3.8, 4) is 11.5 Å². The fourth-order valence-electron chi connectivity index (χ4n) is 5.66. The Labute approximate surface area is 239 Å². The smallest absolute Gasteiger partial charge is 0.135 e. The number of aryl methyl sites for hydroxylation is 1. The number of rotatable bonds is 22. The zero-order valence-corrected chi connectivity index (χ0v) is 25.5. The van der Waals surface area contributed by atoms with Crippen LogP contribution in [-0.4, -0.2) is 13.2 Å². The molecular formula is C37H56O2. The van der Waals surface area contributed by atoms with Crippen LogP contribution in [0.4, 0.5) is 0 Å². The van der Waals surface area contributed by atoms with E-state index < -0.39 is 0 Å². The van der Waals surface area contributed by atoms with Crippen molar-refractivity contribution in [2.24, 2.45) is 0 Å². The predicted molar refractivity (Wildman–Crippen MR) is 172 cm³/mol. The van der Waals surface area contributed by atoms with Crippen molar-refractivity contribution < 1.29 is 9.47 Å². The van der Waals surface area contributed by atoms with Crippen molar-refractivity contribution in [3.63, 3.8) is 0 Å². The number of hydrogen-bond acceptors (Lipinski definition) is 2. The van der Waals surface area contributed by atoms with Crippen molar-refractivity contribution >= 4 is 21.5 Å². The summed E-state index contributed by atoms with van der Waals surface area (Å²) in [7, 11) is 0. The third-order valence-corrected chi connectivity index (χ3v) is 8.05. The van der Waals surface area contributed by atoms with E-state index in [1.807, 2.05) is 0 Å². The van der Waals surface area contributed by atoms with Gasteiger partial charge in [-0.3, -0.25) is 0 Å². The third-order valence-electron chi connectivity index (χ3n) is 8.05. The molecule has 0 aliphatic rings. The molecule has 0 atom stereocenters. The average Bonchev–Trinajstić information content (AvgIpc) is 2.96. The second-order valence-corrected chi connectivity index (χ2v) is 11.5. The first-order chi connectivity index (χ1) is 19.3. The second-order valence-electron chi connectivity index (χ2n) is 11.5. The van der Waals surface area contributed by atoms with Crippen molar-refractivity contribution in [1.29, 1.82) is 0 Å². The van der Waals surface area contributed by atoms with Gasteiger partial charge in [-0.25, -0.2) is 0 Å². The minimum atomic E-state index is 0.781. The Balaban J connectivity index is 1.77. The topological polar surface area (TPSA) is 18.5 Å². The molecule has 0 spiro atoms.